The Morgan fingerprint density at radius 1 is 1.14 bits per heavy atom. The van der Waals surface area contributed by atoms with E-state index < -0.39 is 5.97 Å². The molecule has 0 bridgehead atoms. The predicted molar refractivity (Wildman–Crippen MR) is 113 cm³/mol. The molecule has 0 saturated carbocycles. The van der Waals surface area contributed by atoms with Gasteiger partial charge in [-0.15, -0.1) is 0 Å². The fraction of sp³-hybridized carbons (Fsp3) is 0.391. The Morgan fingerprint density at radius 3 is 2.52 bits per heavy atom. The van der Waals surface area contributed by atoms with E-state index in [1.165, 1.54) is 0 Å². The highest BCUT2D eigenvalue weighted by molar-refractivity contribution is 5.95. The van der Waals surface area contributed by atoms with E-state index in [9.17, 15) is 9.90 Å². The van der Waals surface area contributed by atoms with Crippen molar-refractivity contribution in [3.05, 3.63) is 65.5 Å². The number of carboxylic acid groups (broad SMARTS) is 1. The van der Waals surface area contributed by atoms with Gasteiger partial charge in [0.25, 0.3) is 0 Å². The maximum atomic E-state index is 11.5. The van der Waals surface area contributed by atoms with Gasteiger partial charge in [0.05, 0.1) is 17.8 Å². The third kappa shape index (κ3) is 4.88. The van der Waals surface area contributed by atoms with E-state index >= 15 is 0 Å². The molecule has 0 amide bonds. The van der Waals surface area contributed by atoms with Gasteiger partial charge in [-0.3, -0.25) is 4.98 Å². The van der Waals surface area contributed by atoms with E-state index in [0.29, 0.717) is 12.1 Å². The van der Waals surface area contributed by atoms with Crippen molar-refractivity contribution in [3.63, 3.8) is 0 Å². The summed E-state index contributed by atoms with van der Waals surface area (Å²) in [5, 5.41) is 14.1. The Bertz CT molecular complexity index is 985. The lowest BCUT2D eigenvalue weighted by Gasteiger charge is -2.12. The quantitative estimate of drug-likeness (QED) is 0.629. The largest absolute Gasteiger partial charge is 0.478 e. The first-order valence-electron chi connectivity index (χ1n) is 10.0. The molecule has 0 aliphatic rings. The van der Waals surface area contributed by atoms with Gasteiger partial charge < -0.3 is 5.11 Å². The molecule has 0 aliphatic heterocycles. The van der Waals surface area contributed by atoms with Crippen molar-refractivity contribution >= 4 is 5.97 Å². The average Bonchev–Trinajstić information content (AvgIpc) is 3.10. The first-order chi connectivity index (χ1) is 13.8. The molecule has 0 saturated heterocycles. The zero-order valence-corrected chi connectivity index (χ0v) is 17.5. The number of rotatable bonds is 7. The SMILES string of the molecule is CCCCc1nc(C(C)(C)C)nn1Cc1ccc(-c2ccccc2C(=O)O)cn1. The lowest BCUT2D eigenvalue weighted by molar-refractivity contribution is 0.0697. The van der Waals surface area contributed by atoms with Gasteiger partial charge in [0.1, 0.15) is 5.82 Å². The van der Waals surface area contributed by atoms with Crippen LogP contribution >= 0.6 is 0 Å². The van der Waals surface area contributed by atoms with Crippen molar-refractivity contribution in [1.29, 1.82) is 0 Å². The smallest absolute Gasteiger partial charge is 0.336 e. The topological polar surface area (TPSA) is 80.9 Å². The Kier molecular flexibility index (Phi) is 6.11. The highest BCUT2D eigenvalue weighted by atomic mass is 16.4. The van der Waals surface area contributed by atoms with E-state index in [4.69, 9.17) is 10.1 Å². The Hall–Kier alpha value is -3.02. The summed E-state index contributed by atoms with van der Waals surface area (Å²) < 4.78 is 1.95. The van der Waals surface area contributed by atoms with Gasteiger partial charge in [0, 0.05) is 23.6 Å². The summed E-state index contributed by atoms with van der Waals surface area (Å²) in [6, 6.07) is 10.8. The summed E-state index contributed by atoms with van der Waals surface area (Å²) in [6.07, 6.45) is 4.79. The highest BCUT2D eigenvalue weighted by Crippen LogP contribution is 2.24. The van der Waals surface area contributed by atoms with E-state index in [1.807, 2.05) is 22.9 Å². The molecule has 3 aromatic rings. The minimum absolute atomic E-state index is 0.107. The molecule has 3 rings (SSSR count). The monoisotopic (exact) mass is 392 g/mol. The minimum atomic E-state index is -0.942. The van der Waals surface area contributed by atoms with E-state index in [0.717, 1.165) is 42.2 Å². The van der Waals surface area contributed by atoms with Crippen molar-refractivity contribution in [1.82, 2.24) is 19.7 Å². The number of aryl methyl sites for hydroxylation is 1. The standard InChI is InChI=1S/C23H28N4O2/c1-5-6-11-20-25-22(23(2,3)4)26-27(20)15-17-13-12-16(14-24-17)18-9-7-8-10-19(18)21(28)29/h7-10,12-14H,5-6,11,15H2,1-4H3,(H,28,29). The molecule has 0 aliphatic carbocycles. The summed E-state index contributed by atoms with van der Waals surface area (Å²) in [4.78, 5) is 20.8. The van der Waals surface area contributed by atoms with Crippen LogP contribution in [0.2, 0.25) is 0 Å². The molecular formula is C23H28N4O2. The van der Waals surface area contributed by atoms with E-state index in [2.05, 4.69) is 32.7 Å². The number of aromatic carboxylic acids is 1. The summed E-state index contributed by atoms with van der Waals surface area (Å²) in [7, 11) is 0. The molecule has 6 heteroatoms. The molecule has 0 spiro atoms. The van der Waals surface area contributed by atoms with E-state index in [-0.39, 0.29) is 11.0 Å². The molecule has 2 aromatic heterocycles. The van der Waals surface area contributed by atoms with Gasteiger partial charge in [0.15, 0.2) is 5.82 Å². The number of aromatic nitrogens is 4. The van der Waals surface area contributed by atoms with Crippen molar-refractivity contribution in [3.8, 4) is 11.1 Å². The number of benzene rings is 1. The van der Waals surface area contributed by atoms with Crippen LogP contribution in [0, 0.1) is 0 Å². The zero-order chi connectivity index (χ0) is 21.0. The number of hydrogen-bond donors (Lipinski definition) is 1. The number of nitrogens with zero attached hydrogens (tertiary/aromatic N) is 4. The van der Waals surface area contributed by atoms with Crippen molar-refractivity contribution in [2.75, 3.05) is 0 Å². The molecule has 152 valence electrons. The van der Waals surface area contributed by atoms with Gasteiger partial charge >= 0.3 is 5.97 Å². The summed E-state index contributed by atoms with van der Waals surface area (Å²) >= 11 is 0. The number of carboxylic acids is 1. The van der Waals surface area contributed by atoms with Crippen LogP contribution in [-0.4, -0.2) is 30.8 Å². The summed E-state index contributed by atoms with van der Waals surface area (Å²) in [6.45, 7) is 9.05. The number of pyridine rings is 1. The van der Waals surface area contributed by atoms with Crippen LogP contribution in [0.15, 0.2) is 42.6 Å². The predicted octanol–water partition coefficient (Wildman–Crippen LogP) is 4.73. The van der Waals surface area contributed by atoms with Gasteiger partial charge in [-0.2, -0.15) is 5.10 Å². The summed E-state index contributed by atoms with van der Waals surface area (Å²) in [5.41, 5.74) is 2.48. The van der Waals surface area contributed by atoms with Crippen molar-refractivity contribution < 1.29 is 9.90 Å². The van der Waals surface area contributed by atoms with Crippen LogP contribution in [0.5, 0.6) is 0 Å². The molecule has 0 radical (unpaired) electrons. The third-order valence-electron chi connectivity index (χ3n) is 4.78. The lowest BCUT2D eigenvalue weighted by Crippen LogP contribution is -2.14. The third-order valence-corrected chi connectivity index (χ3v) is 4.78. The summed E-state index contributed by atoms with van der Waals surface area (Å²) in [5.74, 6) is 0.886. The molecule has 0 atom stereocenters. The van der Waals surface area contributed by atoms with Crippen molar-refractivity contribution in [2.24, 2.45) is 0 Å². The van der Waals surface area contributed by atoms with Gasteiger partial charge in [0.2, 0.25) is 0 Å². The molecular weight excluding hydrogens is 364 g/mol. The molecule has 29 heavy (non-hydrogen) atoms. The first-order valence-corrected chi connectivity index (χ1v) is 10.0. The molecule has 2 heterocycles. The Balaban J connectivity index is 1.87. The Labute approximate surface area is 171 Å². The zero-order valence-electron chi connectivity index (χ0n) is 17.5. The second kappa shape index (κ2) is 8.55. The maximum absolute atomic E-state index is 11.5. The highest BCUT2D eigenvalue weighted by Gasteiger charge is 2.22. The van der Waals surface area contributed by atoms with Crippen LogP contribution in [0.3, 0.4) is 0 Å². The van der Waals surface area contributed by atoms with Crippen LogP contribution in [0.4, 0.5) is 0 Å². The molecule has 1 N–H and O–H groups in total. The van der Waals surface area contributed by atoms with Crippen LogP contribution < -0.4 is 0 Å². The molecule has 0 fully saturated rings. The number of hydrogen-bond acceptors (Lipinski definition) is 4. The number of carbonyl (C=O) groups is 1. The second-order valence-corrected chi connectivity index (χ2v) is 8.25. The van der Waals surface area contributed by atoms with Crippen molar-refractivity contribution in [2.45, 2.75) is 58.9 Å². The Morgan fingerprint density at radius 2 is 1.90 bits per heavy atom. The average molecular weight is 393 g/mol. The fourth-order valence-corrected chi connectivity index (χ4v) is 3.09. The molecule has 0 unspecified atom stereocenters. The molecule has 6 nitrogen and oxygen atoms in total. The second-order valence-electron chi connectivity index (χ2n) is 8.25. The maximum Gasteiger partial charge on any atom is 0.336 e. The normalized spacial score (nSPS) is 11.6. The van der Waals surface area contributed by atoms with Gasteiger partial charge in [-0.25, -0.2) is 14.5 Å². The van der Waals surface area contributed by atoms with Gasteiger partial charge in [-0.05, 0) is 24.1 Å². The molecule has 1 aromatic carbocycles. The van der Waals surface area contributed by atoms with Crippen LogP contribution in [-0.2, 0) is 18.4 Å². The van der Waals surface area contributed by atoms with Crippen LogP contribution in [0.1, 0.15) is 68.2 Å². The van der Waals surface area contributed by atoms with E-state index in [1.54, 1.807) is 24.4 Å². The number of unbranched alkanes of at least 4 members (excludes halogenated alkanes) is 1. The van der Waals surface area contributed by atoms with Gasteiger partial charge in [-0.1, -0.05) is 58.4 Å². The minimum Gasteiger partial charge on any atom is -0.478 e. The fourth-order valence-electron chi connectivity index (χ4n) is 3.09. The van der Waals surface area contributed by atoms with Crippen LogP contribution in [0.25, 0.3) is 11.1 Å². The lowest BCUT2D eigenvalue weighted by atomic mass is 9.96. The first kappa shape index (κ1) is 20.7.